The molecule has 10 nitrogen and oxygen atoms in total. The van der Waals surface area contributed by atoms with Gasteiger partial charge in [-0.3, -0.25) is 4.79 Å². The molecule has 1 aromatic carbocycles. The third-order valence-corrected chi connectivity index (χ3v) is 5.85. The number of hydrogen-bond donors (Lipinski definition) is 1. The number of benzene rings is 1. The van der Waals surface area contributed by atoms with Crippen molar-refractivity contribution >= 4 is 12.0 Å². The summed E-state index contributed by atoms with van der Waals surface area (Å²) in [5.41, 5.74) is 0.815. The van der Waals surface area contributed by atoms with Crippen molar-refractivity contribution in [3.63, 3.8) is 0 Å². The number of hydrogen-bond acceptors (Lipinski definition) is 7. The van der Waals surface area contributed by atoms with Crippen molar-refractivity contribution in [1.29, 1.82) is 0 Å². The van der Waals surface area contributed by atoms with Crippen LogP contribution in [-0.2, 0) is 22.7 Å². The fourth-order valence-corrected chi connectivity index (χ4v) is 3.76. The average Bonchev–Trinajstić information content (AvgIpc) is 3.26. The number of aromatic nitrogens is 3. The fraction of sp³-hybridized carbons (Fsp3) is 0.565. The minimum atomic E-state index is -0.494. The second-order valence-corrected chi connectivity index (χ2v) is 8.52. The number of aryl methyl sites for hydroxylation is 1. The van der Waals surface area contributed by atoms with Gasteiger partial charge in [0.05, 0.1) is 43.8 Å². The highest BCUT2D eigenvalue weighted by atomic mass is 16.6. The predicted octanol–water partition coefficient (Wildman–Crippen LogP) is 1.93. The molecule has 2 heterocycles. The molecule has 1 aliphatic heterocycles. The minimum Gasteiger partial charge on any atom is -0.410 e. The first-order valence-corrected chi connectivity index (χ1v) is 11.3. The van der Waals surface area contributed by atoms with Crippen LogP contribution in [0, 0.1) is 5.92 Å². The van der Waals surface area contributed by atoms with Gasteiger partial charge in [0.15, 0.2) is 0 Å². The highest BCUT2D eigenvalue weighted by molar-refractivity contribution is 5.76. The molecule has 0 fully saturated rings. The summed E-state index contributed by atoms with van der Waals surface area (Å²) in [7, 11) is 1.66. The Morgan fingerprint density at radius 3 is 2.85 bits per heavy atom. The maximum Gasteiger partial charge on any atom is 0.415 e. The molecule has 1 aliphatic rings. The molecule has 2 amide bonds. The Hall–Kier alpha value is -2.98. The number of rotatable bonds is 5. The Balaban J connectivity index is 1.76. The minimum absolute atomic E-state index is 0.0266. The summed E-state index contributed by atoms with van der Waals surface area (Å²) in [6.07, 6.45) is 1.75. The SMILES string of the molecule is C[C@H](CO)N1C[C@H](C)[C@@H](CN(C)C(=O)Oc2ccccc2)OCc2cnnn2CCCC1=O. The van der Waals surface area contributed by atoms with Crippen LogP contribution < -0.4 is 4.74 Å². The number of aliphatic hydroxyl groups excluding tert-OH is 1. The Bertz CT molecular complexity index is 906. The van der Waals surface area contributed by atoms with Crippen LogP contribution in [0.2, 0.25) is 0 Å². The van der Waals surface area contributed by atoms with Gasteiger partial charge in [0.25, 0.3) is 0 Å². The van der Waals surface area contributed by atoms with Gasteiger partial charge in [-0.05, 0) is 25.5 Å². The normalized spacial score (nSPS) is 20.8. The molecule has 0 saturated carbocycles. The molecule has 0 bridgehead atoms. The zero-order valence-corrected chi connectivity index (χ0v) is 19.5. The molecule has 3 atom stereocenters. The van der Waals surface area contributed by atoms with E-state index in [1.54, 1.807) is 47.1 Å². The first-order valence-electron chi connectivity index (χ1n) is 11.3. The molecule has 0 spiro atoms. The number of fused-ring (bicyclic) bond motifs is 1. The Morgan fingerprint density at radius 1 is 1.36 bits per heavy atom. The number of aliphatic hydroxyl groups is 1. The van der Waals surface area contributed by atoms with E-state index in [9.17, 15) is 14.7 Å². The monoisotopic (exact) mass is 459 g/mol. The Kier molecular flexibility index (Phi) is 8.79. The van der Waals surface area contributed by atoms with Crippen LogP contribution in [0.3, 0.4) is 0 Å². The van der Waals surface area contributed by atoms with E-state index in [4.69, 9.17) is 9.47 Å². The predicted molar refractivity (Wildman–Crippen MR) is 120 cm³/mol. The molecule has 1 N–H and O–H groups in total. The lowest BCUT2D eigenvalue weighted by atomic mass is 10.0. The van der Waals surface area contributed by atoms with Crippen molar-refractivity contribution in [2.45, 2.75) is 52.0 Å². The van der Waals surface area contributed by atoms with Crippen LogP contribution in [0.5, 0.6) is 5.75 Å². The third kappa shape index (κ3) is 6.75. The molecule has 0 saturated heterocycles. The smallest absolute Gasteiger partial charge is 0.410 e. The molecule has 0 unspecified atom stereocenters. The molecule has 2 aromatic rings. The number of nitrogens with zero attached hydrogens (tertiary/aromatic N) is 5. The van der Waals surface area contributed by atoms with E-state index in [-0.39, 0.29) is 43.7 Å². The number of carbonyl (C=O) groups excluding carboxylic acids is 2. The maximum atomic E-state index is 12.9. The number of para-hydroxylation sites is 1. The lowest BCUT2D eigenvalue weighted by Gasteiger charge is -2.35. The summed E-state index contributed by atoms with van der Waals surface area (Å²) >= 11 is 0. The summed E-state index contributed by atoms with van der Waals surface area (Å²) < 4.78 is 13.4. The van der Waals surface area contributed by atoms with Crippen LogP contribution in [0.4, 0.5) is 4.79 Å². The van der Waals surface area contributed by atoms with Crippen LogP contribution >= 0.6 is 0 Å². The van der Waals surface area contributed by atoms with E-state index in [1.165, 1.54) is 4.90 Å². The van der Waals surface area contributed by atoms with Crippen LogP contribution in [0.15, 0.2) is 36.5 Å². The van der Waals surface area contributed by atoms with E-state index < -0.39 is 6.09 Å². The van der Waals surface area contributed by atoms with Crippen molar-refractivity contribution < 1.29 is 24.2 Å². The summed E-state index contributed by atoms with van der Waals surface area (Å²) in [4.78, 5) is 28.7. The summed E-state index contributed by atoms with van der Waals surface area (Å²) in [5, 5.41) is 17.8. The van der Waals surface area contributed by atoms with Crippen LogP contribution in [0.1, 0.15) is 32.4 Å². The van der Waals surface area contributed by atoms with Crippen molar-refractivity contribution in [3.8, 4) is 5.75 Å². The van der Waals surface area contributed by atoms with Gasteiger partial charge in [-0.25, -0.2) is 9.48 Å². The number of amides is 2. The number of likely N-dealkylation sites (N-methyl/N-ethyl adjacent to an activating group) is 1. The van der Waals surface area contributed by atoms with Crippen molar-refractivity contribution in [1.82, 2.24) is 24.8 Å². The fourth-order valence-electron chi connectivity index (χ4n) is 3.76. The van der Waals surface area contributed by atoms with Gasteiger partial charge < -0.3 is 24.4 Å². The van der Waals surface area contributed by atoms with Gasteiger partial charge in [-0.2, -0.15) is 0 Å². The zero-order chi connectivity index (χ0) is 23.8. The van der Waals surface area contributed by atoms with Gasteiger partial charge in [0.2, 0.25) is 5.91 Å². The van der Waals surface area contributed by atoms with Crippen molar-refractivity contribution in [2.24, 2.45) is 5.92 Å². The van der Waals surface area contributed by atoms with Crippen LogP contribution in [-0.4, -0.2) is 80.8 Å². The largest absolute Gasteiger partial charge is 0.415 e. The Morgan fingerprint density at radius 2 is 2.12 bits per heavy atom. The maximum absolute atomic E-state index is 12.9. The number of ether oxygens (including phenoxy) is 2. The molecule has 33 heavy (non-hydrogen) atoms. The van der Waals surface area contributed by atoms with Crippen molar-refractivity contribution in [2.75, 3.05) is 26.7 Å². The molecular formula is C23H33N5O5. The number of carbonyl (C=O) groups is 2. The highest BCUT2D eigenvalue weighted by Gasteiger charge is 2.29. The van der Waals surface area contributed by atoms with Gasteiger partial charge in [-0.1, -0.05) is 30.3 Å². The molecule has 0 radical (unpaired) electrons. The van der Waals surface area contributed by atoms with E-state index >= 15 is 0 Å². The second kappa shape index (κ2) is 11.8. The van der Waals surface area contributed by atoms with Crippen LogP contribution in [0.25, 0.3) is 0 Å². The Labute approximate surface area is 194 Å². The van der Waals surface area contributed by atoms with Gasteiger partial charge in [-0.15, -0.1) is 5.10 Å². The van der Waals surface area contributed by atoms with E-state index in [1.807, 2.05) is 19.9 Å². The summed E-state index contributed by atoms with van der Waals surface area (Å²) in [6, 6.07) is 8.56. The molecular weight excluding hydrogens is 426 g/mol. The highest BCUT2D eigenvalue weighted by Crippen LogP contribution is 2.19. The standard InChI is InChI=1S/C23H33N5O5/c1-17-13-27(18(2)15-29)22(30)10-7-11-28-19(12-24-25-28)16-32-21(17)14-26(3)23(31)33-20-8-5-4-6-9-20/h4-6,8-9,12,17-18,21,29H,7,10-11,13-16H2,1-3H3/t17-,18+,21+/m0/s1. The van der Waals surface area contributed by atoms with E-state index in [0.29, 0.717) is 31.7 Å². The van der Waals surface area contributed by atoms with E-state index in [2.05, 4.69) is 10.3 Å². The zero-order valence-electron chi connectivity index (χ0n) is 19.5. The quantitative estimate of drug-likeness (QED) is 0.727. The third-order valence-electron chi connectivity index (χ3n) is 5.85. The summed E-state index contributed by atoms with van der Waals surface area (Å²) in [5.74, 6) is 0.324. The van der Waals surface area contributed by atoms with Gasteiger partial charge in [0, 0.05) is 32.5 Å². The summed E-state index contributed by atoms with van der Waals surface area (Å²) in [6.45, 7) is 5.19. The molecule has 3 rings (SSSR count). The van der Waals surface area contributed by atoms with Gasteiger partial charge >= 0.3 is 6.09 Å². The van der Waals surface area contributed by atoms with E-state index in [0.717, 1.165) is 5.69 Å². The second-order valence-electron chi connectivity index (χ2n) is 8.52. The molecule has 0 aliphatic carbocycles. The average molecular weight is 460 g/mol. The van der Waals surface area contributed by atoms with Crippen molar-refractivity contribution in [3.05, 3.63) is 42.2 Å². The topological polar surface area (TPSA) is 110 Å². The molecule has 1 aromatic heterocycles. The first-order chi connectivity index (χ1) is 15.9. The lowest BCUT2D eigenvalue weighted by Crippen LogP contribution is -2.48. The first kappa shape index (κ1) is 24.7. The molecule has 10 heteroatoms. The lowest BCUT2D eigenvalue weighted by molar-refractivity contribution is -0.136. The molecule has 180 valence electrons. The van der Waals surface area contributed by atoms with Gasteiger partial charge in [0.1, 0.15) is 5.75 Å².